The first-order valence-electron chi connectivity index (χ1n) is 6.85. The molecule has 2 heterocycles. The van der Waals surface area contributed by atoms with Gasteiger partial charge in [0.05, 0.1) is 12.2 Å². The molecule has 98 valence electrons. The molecule has 1 aliphatic carbocycles. The zero-order valence-electron chi connectivity index (χ0n) is 10.7. The normalized spacial score (nSPS) is 37.7. The number of aliphatic hydroxyl groups is 2. The topological polar surface area (TPSA) is 43.7 Å². The van der Waals surface area contributed by atoms with E-state index in [1.165, 1.54) is 5.56 Å². The minimum Gasteiger partial charge on any atom is -0.390 e. The van der Waals surface area contributed by atoms with Gasteiger partial charge in [0, 0.05) is 24.5 Å². The number of piperidine rings is 2. The Morgan fingerprint density at radius 3 is 2.50 bits per heavy atom. The predicted molar refractivity (Wildman–Crippen MR) is 70.1 cm³/mol. The summed E-state index contributed by atoms with van der Waals surface area (Å²) in [5, 5.41) is 20.1. The molecule has 0 radical (unpaired) electrons. The van der Waals surface area contributed by atoms with Crippen molar-refractivity contribution >= 4 is 0 Å². The van der Waals surface area contributed by atoms with Gasteiger partial charge in [0.2, 0.25) is 0 Å². The molecule has 4 rings (SSSR count). The predicted octanol–water partition coefficient (Wildman–Crippen LogP) is 1.56. The highest BCUT2D eigenvalue weighted by atomic mass is 16.3. The molecule has 3 aliphatic rings. The second-order valence-electron chi connectivity index (χ2n) is 5.67. The van der Waals surface area contributed by atoms with Crippen LogP contribution in [-0.4, -0.2) is 39.9 Å². The van der Waals surface area contributed by atoms with Crippen molar-refractivity contribution in [1.29, 1.82) is 0 Å². The van der Waals surface area contributed by atoms with Crippen molar-refractivity contribution in [1.82, 2.24) is 4.90 Å². The quantitative estimate of drug-likeness (QED) is 0.833. The van der Waals surface area contributed by atoms with Gasteiger partial charge in [0.1, 0.15) is 0 Å². The van der Waals surface area contributed by atoms with Gasteiger partial charge in [-0.05, 0) is 25.3 Å². The Morgan fingerprint density at radius 2 is 1.83 bits per heavy atom. The lowest BCUT2D eigenvalue weighted by molar-refractivity contribution is -0.149. The number of aliphatic hydroxyl groups excluding tert-OH is 2. The van der Waals surface area contributed by atoms with Gasteiger partial charge < -0.3 is 10.2 Å². The minimum atomic E-state index is -0.580. The molecule has 4 unspecified atom stereocenters. The smallest absolute Gasteiger partial charge is 0.0957 e. The number of hydrogen-bond acceptors (Lipinski definition) is 3. The maximum Gasteiger partial charge on any atom is 0.0957 e. The molecule has 2 saturated heterocycles. The van der Waals surface area contributed by atoms with Gasteiger partial charge in [0.25, 0.3) is 0 Å². The average Bonchev–Trinajstić information content (AvgIpc) is 2.44. The van der Waals surface area contributed by atoms with Crippen LogP contribution in [0, 0.1) is 5.92 Å². The molecule has 0 spiro atoms. The maximum absolute atomic E-state index is 10.1. The van der Waals surface area contributed by atoms with Crippen LogP contribution < -0.4 is 0 Å². The van der Waals surface area contributed by atoms with Crippen molar-refractivity contribution in [3.05, 3.63) is 35.9 Å². The van der Waals surface area contributed by atoms with Crippen molar-refractivity contribution in [2.45, 2.75) is 44.1 Å². The summed E-state index contributed by atoms with van der Waals surface area (Å²) in [7, 11) is 0. The van der Waals surface area contributed by atoms with Crippen LogP contribution in [-0.2, 0) is 0 Å². The zero-order valence-corrected chi connectivity index (χ0v) is 10.7. The van der Waals surface area contributed by atoms with Crippen molar-refractivity contribution in [2.75, 3.05) is 6.54 Å². The van der Waals surface area contributed by atoms with E-state index in [0.717, 1.165) is 19.4 Å². The fraction of sp³-hybridized carbons (Fsp3) is 0.600. The first kappa shape index (κ1) is 12.2. The molecule has 5 atom stereocenters. The summed E-state index contributed by atoms with van der Waals surface area (Å²) in [5.41, 5.74) is 1.28. The first-order chi connectivity index (χ1) is 8.68. The van der Waals surface area contributed by atoms with E-state index in [1.54, 1.807) is 0 Å². The third-order valence-corrected chi connectivity index (χ3v) is 4.71. The summed E-state index contributed by atoms with van der Waals surface area (Å²) in [5.74, 6) is 0.233. The average molecular weight is 247 g/mol. The molecular weight excluding hydrogens is 226 g/mol. The molecule has 1 saturated carbocycles. The van der Waals surface area contributed by atoms with E-state index in [0.29, 0.717) is 6.04 Å². The Kier molecular flexibility index (Phi) is 3.14. The molecule has 1 aromatic carbocycles. The number of fused-ring (bicyclic) bond motifs is 3. The largest absolute Gasteiger partial charge is 0.390 e. The van der Waals surface area contributed by atoms with Gasteiger partial charge in [-0.3, -0.25) is 4.90 Å². The summed E-state index contributed by atoms with van der Waals surface area (Å²) in [6.45, 7) is 3.09. The number of benzene rings is 1. The van der Waals surface area contributed by atoms with Gasteiger partial charge >= 0.3 is 0 Å². The van der Waals surface area contributed by atoms with Crippen molar-refractivity contribution < 1.29 is 10.2 Å². The van der Waals surface area contributed by atoms with Crippen LogP contribution in [0.25, 0.3) is 0 Å². The number of hydrogen-bond donors (Lipinski definition) is 2. The van der Waals surface area contributed by atoms with Crippen LogP contribution in [0.4, 0.5) is 0 Å². The maximum atomic E-state index is 10.1. The van der Waals surface area contributed by atoms with Gasteiger partial charge in [0.15, 0.2) is 0 Å². The van der Waals surface area contributed by atoms with E-state index >= 15 is 0 Å². The monoisotopic (exact) mass is 247 g/mol. The van der Waals surface area contributed by atoms with Crippen molar-refractivity contribution in [2.24, 2.45) is 5.92 Å². The molecule has 2 bridgehead atoms. The molecule has 3 fully saturated rings. The Morgan fingerprint density at radius 1 is 1.11 bits per heavy atom. The lowest BCUT2D eigenvalue weighted by Crippen LogP contribution is -2.63. The van der Waals surface area contributed by atoms with E-state index in [2.05, 4.69) is 36.1 Å². The Balaban J connectivity index is 1.82. The minimum absolute atomic E-state index is 0.111. The fourth-order valence-electron chi connectivity index (χ4n) is 3.57. The SMILES string of the molecule is C[C@H](c1ccccc1)N1CC2CCC1C(O)C2O. The second kappa shape index (κ2) is 4.65. The summed E-state index contributed by atoms with van der Waals surface area (Å²) in [6, 6.07) is 10.8. The van der Waals surface area contributed by atoms with Crippen molar-refractivity contribution in [3.8, 4) is 0 Å². The molecule has 2 aliphatic heterocycles. The summed E-state index contributed by atoms with van der Waals surface area (Å²) in [6.07, 6.45) is 0.938. The van der Waals surface area contributed by atoms with Gasteiger partial charge in [-0.2, -0.15) is 0 Å². The van der Waals surface area contributed by atoms with Gasteiger partial charge in [-0.1, -0.05) is 30.3 Å². The summed E-state index contributed by atoms with van der Waals surface area (Å²) < 4.78 is 0. The summed E-state index contributed by atoms with van der Waals surface area (Å²) >= 11 is 0. The van der Waals surface area contributed by atoms with Crippen LogP contribution in [0.1, 0.15) is 31.4 Å². The molecule has 2 N–H and O–H groups in total. The zero-order chi connectivity index (χ0) is 12.7. The lowest BCUT2D eigenvalue weighted by Gasteiger charge is -2.52. The Hall–Kier alpha value is -0.900. The molecular formula is C15H21NO2. The first-order valence-corrected chi connectivity index (χ1v) is 6.85. The molecule has 1 aromatic rings. The highest BCUT2D eigenvalue weighted by Gasteiger charge is 2.47. The lowest BCUT2D eigenvalue weighted by atomic mass is 9.75. The fourth-order valence-corrected chi connectivity index (χ4v) is 3.57. The summed E-state index contributed by atoms with van der Waals surface area (Å²) in [4.78, 5) is 2.36. The second-order valence-corrected chi connectivity index (χ2v) is 5.67. The van der Waals surface area contributed by atoms with Crippen LogP contribution in [0.15, 0.2) is 30.3 Å². The Labute approximate surface area is 108 Å². The number of nitrogens with zero attached hydrogens (tertiary/aromatic N) is 1. The molecule has 0 amide bonds. The van der Waals surface area contributed by atoms with Crippen LogP contribution in [0.5, 0.6) is 0 Å². The standard InChI is InChI=1S/C15H21NO2/c1-10(11-5-3-2-4-6-11)16-9-12-7-8-13(16)15(18)14(12)17/h2-6,10,12-15,17-18H,7-9H2,1H3/t10-,12?,13?,14?,15?/m1/s1. The van der Waals surface area contributed by atoms with Crippen molar-refractivity contribution in [3.63, 3.8) is 0 Å². The van der Waals surface area contributed by atoms with Gasteiger partial charge in [-0.15, -0.1) is 0 Å². The molecule has 18 heavy (non-hydrogen) atoms. The third kappa shape index (κ3) is 1.87. The highest BCUT2D eigenvalue weighted by molar-refractivity contribution is 5.19. The van der Waals surface area contributed by atoms with Crippen LogP contribution >= 0.6 is 0 Å². The van der Waals surface area contributed by atoms with E-state index in [1.807, 2.05) is 6.07 Å². The molecule has 3 nitrogen and oxygen atoms in total. The van der Waals surface area contributed by atoms with Gasteiger partial charge in [-0.25, -0.2) is 0 Å². The van der Waals surface area contributed by atoms with Crippen LogP contribution in [0.3, 0.4) is 0 Å². The van der Waals surface area contributed by atoms with E-state index in [9.17, 15) is 10.2 Å². The Bertz CT molecular complexity index is 406. The highest BCUT2D eigenvalue weighted by Crippen LogP contribution is 2.39. The van der Waals surface area contributed by atoms with Crippen LogP contribution in [0.2, 0.25) is 0 Å². The van der Waals surface area contributed by atoms with E-state index in [-0.39, 0.29) is 12.0 Å². The molecule has 0 aromatic heterocycles. The molecule has 3 heteroatoms. The third-order valence-electron chi connectivity index (χ3n) is 4.71. The number of rotatable bonds is 2. The van der Waals surface area contributed by atoms with E-state index in [4.69, 9.17) is 0 Å². The van der Waals surface area contributed by atoms with E-state index < -0.39 is 12.2 Å².